The van der Waals surface area contributed by atoms with Gasteiger partial charge in [-0.05, 0) is 23.3 Å². The topological polar surface area (TPSA) is 69.8 Å². The molecule has 0 bridgehead atoms. The van der Waals surface area contributed by atoms with E-state index in [1.807, 2.05) is 12.3 Å². The van der Waals surface area contributed by atoms with Crippen molar-refractivity contribution in [2.24, 2.45) is 0 Å². The molecule has 0 radical (unpaired) electrons. The first-order valence-electron chi connectivity index (χ1n) is 7.61. The molecule has 3 rings (SSSR count). The van der Waals surface area contributed by atoms with Crippen LogP contribution >= 0.6 is 11.8 Å². The summed E-state index contributed by atoms with van der Waals surface area (Å²) in [7, 11) is 0. The van der Waals surface area contributed by atoms with Crippen LogP contribution in [0.1, 0.15) is 26.3 Å². The Labute approximate surface area is 141 Å². The third-order valence-corrected chi connectivity index (χ3v) is 4.18. The number of H-pyrrole nitrogens is 1. The second kappa shape index (κ2) is 7.55. The number of fused-ring (bicyclic) bond motifs is 1. The molecule has 2 aromatic heterocycles. The van der Waals surface area contributed by atoms with Gasteiger partial charge in [-0.25, -0.2) is 4.98 Å². The standard InChI is InChI=1S/C9H13NO.C8H11N3S/c1-9(2,3)7-4-5-8(11)10-6-7;1-12-6-4-7-8(11-5-6)10-3-2-9-7/h4-6H,1-3H3,(H,10,11);4-5,9H,2-3H2,1H3,(H,10,11). The monoisotopic (exact) mass is 332 g/mol. The van der Waals surface area contributed by atoms with E-state index < -0.39 is 0 Å². The maximum absolute atomic E-state index is 10.7. The van der Waals surface area contributed by atoms with Gasteiger partial charge >= 0.3 is 0 Å². The minimum absolute atomic E-state index is 0.0435. The lowest BCUT2D eigenvalue weighted by Gasteiger charge is -2.18. The molecule has 0 saturated carbocycles. The van der Waals surface area contributed by atoms with Crippen molar-refractivity contribution in [1.29, 1.82) is 0 Å². The van der Waals surface area contributed by atoms with Crippen molar-refractivity contribution in [1.82, 2.24) is 9.97 Å². The number of thioether (sulfide) groups is 1. The summed E-state index contributed by atoms with van der Waals surface area (Å²) in [6.07, 6.45) is 5.71. The van der Waals surface area contributed by atoms with Crippen LogP contribution in [0, 0.1) is 0 Å². The largest absolute Gasteiger partial charge is 0.380 e. The number of nitrogens with one attached hydrogen (secondary N) is 3. The summed E-state index contributed by atoms with van der Waals surface area (Å²) in [6.45, 7) is 8.27. The molecular formula is C17H24N4OS. The van der Waals surface area contributed by atoms with Crippen LogP contribution in [-0.4, -0.2) is 29.3 Å². The summed E-state index contributed by atoms with van der Waals surface area (Å²) in [5.41, 5.74) is 2.34. The van der Waals surface area contributed by atoms with Crippen molar-refractivity contribution < 1.29 is 0 Å². The van der Waals surface area contributed by atoms with Crippen LogP contribution in [-0.2, 0) is 5.41 Å². The molecular weight excluding hydrogens is 308 g/mol. The van der Waals surface area contributed by atoms with E-state index in [-0.39, 0.29) is 11.0 Å². The highest BCUT2D eigenvalue weighted by molar-refractivity contribution is 7.98. The Morgan fingerprint density at radius 2 is 1.91 bits per heavy atom. The Balaban J connectivity index is 0.000000168. The number of hydrogen-bond donors (Lipinski definition) is 3. The first-order chi connectivity index (χ1) is 10.9. The van der Waals surface area contributed by atoms with E-state index >= 15 is 0 Å². The van der Waals surface area contributed by atoms with Crippen molar-refractivity contribution in [3.8, 4) is 0 Å². The molecule has 6 heteroatoms. The van der Waals surface area contributed by atoms with E-state index in [0.717, 1.165) is 30.2 Å². The van der Waals surface area contributed by atoms with Gasteiger partial charge in [0.15, 0.2) is 0 Å². The maximum atomic E-state index is 10.7. The average molecular weight is 332 g/mol. The van der Waals surface area contributed by atoms with Crippen LogP contribution in [0.25, 0.3) is 0 Å². The van der Waals surface area contributed by atoms with Gasteiger partial charge in [-0.2, -0.15) is 0 Å². The van der Waals surface area contributed by atoms with Gasteiger partial charge in [0.2, 0.25) is 5.56 Å². The lowest BCUT2D eigenvalue weighted by Crippen LogP contribution is -2.21. The third kappa shape index (κ3) is 5.03. The summed E-state index contributed by atoms with van der Waals surface area (Å²) in [6, 6.07) is 5.54. The summed E-state index contributed by atoms with van der Waals surface area (Å²) < 4.78 is 0. The molecule has 0 fully saturated rings. The Morgan fingerprint density at radius 3 is 2.52 bits per heavy atom. The number of rotatable bonds is 1. The van der Waals surface area contributed by atoms with E-state index in [9.17, 15) is 4.79 Å². The first-order valence-corrected chi connectivity index (χ1v) is 8.83. The second-order valence-electron chi connectivity index (χ2n) is 6.32. The molecule has 0 unspecified atom stereocenters. The summed E-state index contributed by atoms with van der Waals surface area (Å²) >= 11 is 1.71. The summed E-state index contributed by atoms with van der Waals surface area (Å²) in [4.78, 5) is 18.8. The summed E-state index contributed by atoms with van der Waals surface area (Å²) in [5, 5.41) is 6.53. The summed E-state index contributed by atoms with van der Waals surface area (Å²) in [5.74, 6) is 0.971. The minimum atomic E-state index is -0.0435. The minimum Gasteiger partial charge on any atom is -0.380 e. The van der Waals surface area contributed by atoms with Gasteiger partial charge in [0, 0.05) is 36.4 Å². The predicted octanol–water partition coefficient (Wildman–Crippen LogP) is 3.31. The Bertz CT molecular complexity index is 686. The van der Waals surface area contributed by atoms with Crippen molar-refractivity contribution in [2.45, 2.75) is 31.1 Å². The van der Waals surface area contributed by atoms with Gasteiger partial charge in [0.1, 0.15) is 5.82 Å². The van der Waals surface area contributed by atoms with Gasteiger partial charge in [0.05, 0.1) is 5.69 Å². The SMILES string of the molecule is CC(C)(C)c1ccc(=O)[nH]c1.CSc1cnc2c(c1)NCCN2. The van der Waals surface area contributed by atoms with Gasteiger partial charge in [-0.1, -0.05) is 26.8 Å². The van der Waals surface area contributed by atoms with Crippen molar-refractivity contribution >= 4 is 23.3 Å². The Morgan fingerprint density at radius 1 is 1.17 bits per heavy atom. The number of aromatic amines is 1. The molecule has 0 atom stereocenters. The van der Waals surface area contributed by atoms with Crippen LogP contribution in [0.15, 0.2) is 40.3 Å². The zero-order chi connectivity index (χ0) is 16.9. The number of nitrogens with zero attached hydrogens (tertiary/aromatic N) is 1. The van der Waals surface area contributed by atoms with Crippen LogP contribution in [0.5, 0.6) is 0 Å². The molecule has 0 aromatic carbocycles. The second-order valence-corrected chi connectivity index (χ2v) is 7.20. The lowest BCUT2D eigenvalue weighted by molar-refractivity contribution is 0.587. The predicted molar refractivity (Wildman–Crippen MR) is 98.8 cm³/mol. The van der Waals surface area contributed by atoms with Gasteiger partial charge in [-0.3, -0.25) is 4.79 Å². The normalized spacial score (nSPS) is 13.0. The number of pyridine rings is 2. The first kappa shape index (κ1) is 17.4. The van der Waals surface area contributed by atoms with Gasteiger partial charge < -0.3 is 15.6 Å². The van der Waals surface area contributed by atoms with E-state index in [0.29, 0.717) is 0 Å². The van der Waals surface area contributed by atoms with Crippen molar-refractivity contribution in [3.05, 3.63) is 46.5 Å². The van der Waals surface area contributed by atoms with E-state index in [1.54, 1.807) is 24.0 Å². The Kier molecular flexibility index (Phi) is 5.71. The Hall–Kier alpha value is -1.95. The van der Waals surface area contributed by atoms with Crippen LogP contribution in [0.4, 0.5) is 11.5 Å². The quantitative estimate of drug-likeness (QED) is 0.699. The fraction of sp³-hybridized carbons (Fsp3) is 0.412. The number of aromatic nitrogens is 2. The molecule has 3 heterocycles. The van der Waals surface area contributed by atoms with Gasteiger partial charge in [-0.15, -0.1) is 11.8 Å². The highest BCUT2D eigenvalue weighted by Crippen LogP contribution is 2.26. The molecule has 0 amide bonds. The van der Waals surface area contributed by atoms with E-state index in [2.05, 4.69) is 53.7 Å². The lowest BCUT2D eigenvalue weighted by atomic mass is 9.88. The fourth-order valence-corrected chi connectivity index (χ4v) is 2.48. The molecule has 124 valence electrons. The van der Waals surface area contributed by atoms with Crippen LogP contribution in [0.2, 0.25) is 0 Å². The molecule has 0 spiro atoms. The zero-order valence-electron chi connectivity index (χ0n) is 14.1. The van der Waals surface area contributed by atoms with E-state index in [1.165, 1.54) is 4.90 Å². The number of hydrogen-bond acceptors (Lipinski definition) is 5. The van der Waals surface area contributed by atoms with Crippen LogP contribution in [0.3, 0.4) is 0 Å². The molecule has 5 nitrogen and oxygen atoms in total. The highest BCUT2D eigenvalue weighted by Gasteiger charge is 2.12. The molecule has 2 aromatic rings. The molecule has 1 aliphatic heterocycles. The maximum Gasteiger partial charge on any atom is 0.247 e. The smallest absolute Gasteiger partial charge is 0.247 e. The molecule has 3 N–H and O–H groups in total. The molecule has 0 aliphatic carbocycles. The molecule has 1 aliphatic rings. The zero-order valence-corrected chi connectivity index (χ0v) is 14.9. The number of anilines is 2. The fourth-order valence-electron chi connectivity index (χ4n) is 2.09. The van der Waals surface area contributed by atoms with Crippen molar-refractivity contribution in [3.63, 3.8) is 0 Å². The van der Waals surface area contributed by atoms with Gasteiger partial charge in [0.25, 0.3) is 0 Å². The average Bonchev–Trinajstić information content (AvgIpc) is 2.54. The molecule has 23 heavy (non-hydrogen) atoms. The van der Waals surface area contributed by atoms with E-state index in [4.69, 9.17) is 0 Å². The van der Waals surface area contributed by atoms with Crippen molar-refractivity contribution in [2.75, 3.05) is 30.0 Å². The third-order valence-electron chi connectivity index (χ3n) is 3.48. The highest BCUT2D eigenvalue weighted by atomic mass is 32.2. The van der Waals surface area contributed by atoms with Crippen LogP contribution < -0.4 is 16.2 Å². The molecule has 0 saturated heterocycles.